The molecule has 0 radical (unpaired) electrons. The van der Waals surface area contributed by atoms with E-state index in [4.69, 9.17) is 4.74 Å². The highest BCUT2D eigenvalue weighted by molar-refractivity contribution is 7.10. The highest BCUT2D eigenvalue weighted by atomic mass is 32.1. The zero-order valence-electron chi connectivity index (χ0n) is 13.0. The van der Waals surface area contributed by atoms with Crippen LogP contribution in [0.3, 0.4) is 0 Å². The average molecular weight is 321 g/mol. The third kappa shape index (κ3) is 2.67. The summed E-state index contributed by atoms with van der Waals surface area (Å²) in [6.07, 6.45) is 5.62. The second-order valence-corrected chi connectivity index (χ2v) is 7.30. The van der Waals surface area contributed by atoms with E-state index in [1.165, 1.54) is 12.0 Å². The Kier molecular flexibility index (Phi) is 4.52. The van der Waals surface area contributed by atoms with Gasteiger partial charge in [0.15, 0.2) is 0 Å². The van der Waals surface area contributed by atoms with E-state index < -0.39 is 0 Å². The summed E-state index contributed by atoms with van der Waals surface area (Å²) in [4.78, 5) is 28.0. The van der Waals surface area contributed by atoms with Gasteiger partial charge in [-0.05, 0) is 37.1 Å². The number of ether oxygens (including phenoxy) is 1. The van der Waals surface area contributed by atoms with Crippen LogP contribution in [0.4, 0.5) is 0 Å². The maximum Gasteiger partial charge on any atom is 0.308 e. The van der Waals surface area contributed by atoms with Crippen molar-refractivity contribution in [3.05, 3.63) is 22.4 Å². The fraction of sp³-hybridized carbons (Fsp3) is 0.647. The van der Waals surface area contributed by atoms with Crippen LogP contribution >= 0.6 is 11.3 Å². The molecule has 0 unspecified atom stereocenters. The lowest BCUT2D eigenvalue weighted by molar-refractivity contribution is -0.150. The topological polar surface area (TPSA) is 46.6 Å². The van der Waals surface area contributed by atoms with Crippen LogP contribution in [0, 0.1) is 5.92 Å². The van der Waals surface area contributed by atoms with E-state index in [1.807, 2.05) is 11.0 Å². The molecule has 1 saturated heterocycles. The Hall–Kier alpha value is -1.36. The van der Waals surface area contributed by atoms with Gasteiger partial charge < -0.3 is 9.64 Å². The van der Waals surface area contributed by atoms with Gasteiger partial charge in [0.1, 0.15) is 0 Å². The molecule has 1 aliphatic heterocycles. The van der Waals surface area contributed by atoms with E-state index in [9.17, 15) is 9.59 Å². The normalized spacial score (nSPS) is 21.8. The number of thiophene rings is 1. The fourth-order valence-electron chi connectivity index (χ4n) is 3.88. The number of methoxy groups -OCH3 is 1. The zero-order chi connectivity index (χ0) is 15.6. The summed E-state index contributed by atoms with van der Waals surface area (Å²) >= 11 is 1.70. The van der Waals surface area contributed by atoms with Crippen LogP contribution < -0.4 is 0 Å². The van der Waals surface area contributed by atoms with Gasteiger partial charge in [-0.2, -0.15) is 0 Å². The minimum Gasteiger partial charge on any atom is -0.469 e. The van der Waals surface area contributed by atoms with Gasteiger partial charge in [-0.3, -0.25) is 9.59 Å². The molecule has 2 aliphatic rings. The Morgan fingerprint density at radius 1 is 1.27 bits per heavy atom. The number of rotatable bonds is 3. The van der Waals surface area contributed by atoms with Crippen molar-refractivity contribution >= 4 is 23.2 Å². The van der Waals surface area contributed by atoms with E-state index in [0.717, 1.165) is 38.5 Å². The second kappa shape index (κ2) is 6.41. The number of piperidine rings is 1. The summed E-state index contributed by atoms with van der Waals surface area (Å²) < 4.78 is 4.82. The number of carbonyl (C=O) groups excluding carboxylic acids is 2. The highest BCUT2D eigenvalue weighted by Crippen LogP contribution is 2.45. The molecule has 1 aromatic rings. The average Bonchev–Trinajstić information content (AvgIpc) is 3.25. The molecule has 0 bridgehead atoms. The third-order valence-corrected chi connectivity index (χ3v) is 6.25. The van der Waals surface area contributed by atoms with Gasteiger partial charge in [-0.15, -0.1) is 11.3 Å². The van der Waals surface area contributed by atoms with E-state index in [-0.39, 0.29) is 23.2 Å². The van der Waals surface area contributed by atoms with Crippen LogP contribution in [0.25, 0.3) is 0 Å². The molecule has 1 amide bonds. The number of esters is 1. The quantitative estimate of drug-likeness (QED) is 0.804. The molecule has 2 fully saturated rings. The molecule has 0 atom stereocenters. The smallest absolute Gasteiger partial charge is 0.308 e. The summed E-state index contributed by atoms with van der Waals surface area (Å²) in [5.41, 5.74) is -0.299. The molecular formula is C17H23NO3S. The first-order chi connectivity index (χ1) is 10.7. The van der Waals surface area contributed by atoms with Crippen molar-refractivity contribution in [3.8, 4) is 0 Å². The van der Waals surface area contributed by atoms with E-state index in [0.29, 0.717) is 13.1 Å². The van der Waals surface area contributed by atoms with E-state index in [2.05, 4.69) is 11.4 Å². The highest BCUT2D eigenvalue weighted by Gasteiger charge is 2.46. The minimum absolute atomic E-state index is 0.0460. The first kappa shape index (κ1) is 15.5. The van der Waals surface area contributed by atoms with Crippen LogP contribution in [0.15, 0.2) is 17.5 Å². The lowest BCUT2D eigenvalue weighted by atomic mass is 9.82. The maximum atomic E-state index is 13.2. The standard InChI is InChI=1S/C17H23NO3S/c1-21-15(19)13-6-10-18(11-7-13)16(20)17(8-2-3-9-17)14-5-4-12-22-14/h4-5,12-13H,2-3,6-11H2,1H3. The molecule has 4 nitrogen and oxygen atoms in total. The van der Waals surface area contributed by atoms with Gasteiger partial charge in [0.25, 0.3) is 0 Å². The number of hydrogen-bond donors (Lipinski definition) is 0. The molecular weight excluding hydrogens is 298 g/mol. The summed E-state index contributed by atoms with van der Waals surface area (Å²) in [7, 11) is 1.43. The SMILES string of the molecule is COC(=O)C1CCN(C(=O)C2(c3cccs3)CCCC2)CC1. The van der Waals surface area contributed by atoms with Crippen LogP contribution in [0.5, 0.6) is 0 Å². The minimum atomic E-state index is -0.299. The van der Waals surface area contributed by atoms with Gasteiger partial charge in [0.2, 0.25) is 5.91 Å². The Bertz CT molecular complexity index is 526. The molecule has 0 N–H and O–H groups in total. The Balaban J connectivity index is 1.72. The molecule has 5 heteroatoms. The summed E-state index contributed by atoms with van der Waals surface area (Å²) in [5.74, 6) is 0.0898. The number of amides is 1. The van der Waals surface area contributed by atoms with Crippen LogP contribution in [0.2, 0.25) is 0 Å². The Morgan fingerprint density at radius 3 is 2.50 bits per heavy atom. The molecule has 120 valence electrons. The van der Waals surface area contributed by atoms with E-state index >= 15 is 0 Å². The molecule has 1 aromatic heterocycles. The number of likely N-dealkylation sites (tertiary alicyclic amines) is 1. The van der Waals surface area contributed by atoms with Gasteiger partial charge in [0.05, 0.1) is 18.4 Å². The lowest BCUT2D eigenvalue weighted by Crippen LogP contribution is -2.49. The monoisotopic (exact) mass is 321 g/mol. The Morgan fingerprint density at radius 2 is 1.95 bits per heavy atom. The van der Waals surface area contributed by atoms with Crippen molar-refractivity contribution in [1.29, 1.82) is 0 Å². The fourth-order valence-corrected chi connectivity index (χ4v) is 4.86. The van der Waals surface area contributed by atoms with E-state index in [1.54, 1.807) is 11.3 Å². The van der Waals surface area contributed by atoms with Crippen LogP contribution in [0.1, 0.15) is 43.4 Å². The Labute approximate surface area is 135 Å². The number of hydrogen-bond acceptors (Lipinski definition) is 4. The molecule has 22 heavy (non-hydrogen) atoms. The molecule has 1 aliphatic carbocycles. The van der Waals surface area contributed by atoms with Crippen molar-refractivity contribution < 1.29 is 14.3 Å². The maximum absolute atomic E-state index is 13.2. The first-order valence-electron chi connectivity index (χ1n) is 8.08. The number of carbonyl (C=O) groups is 2. The van der Waals surface area contributed by atoms with Crippen molar-refractivity contribution in [2.45, 2.75) is 43.9 Å². The van der Waals surface area contributed by atoms with Gasteiger partial charge in [0, 0.05) is 18.0 Å². The lowest BCUT2D eigenvalue weighted by Gasteiger charge is -2.37. The molecule has 3 rings (SSSR count). The molecule has 0 spiro atoms. The largest absolute Gasteiger partial charge is 0.469 e. The summed E-state index contributed by atoms with van der Waals surface area (Å²) in [5, 5.41) is 2.06. The second-order valence-electron chi connectivity index (χ2n) is 6.36. The first-order valence-corrected chi connectivity index (χ1v) is 8.96. The zero-order valence-corrected chi connectivity index (χ0v) is 13.9. The molecule has 1 saturated carbocycles. The molecule has 0 aromatic carbocycles. The van der Waals surface area contributed by atoms with Crippen molar-refractivity contribution in [2.24, 2.45) is 5.92 Å². The van der Waals surface area contributed by atoms with Crippen molar-refractivity contribution in [3.63, 3.8) is 0 Å². The molecule has 2 heterocycles. The van der Waals surface area contributed by atoms with Crippen molar-refractivity contribution in [1.82, 2.24) is 4.90 Å². The van der Waals surface area contributed by atoms with Crippen molar-refractivity contribution in [2.75, 3.05) is 20.2 Å². The summed E-state index contributed by atoms with van der Waals surface area (Å²) in [6.45, 7) is 1.34. The third-order valence-electron chi connectivity index (χ3n) is 5.18. The van der Waals surface area contributed by atoms with Gasteiger partial charge >= 0.3 is 5.97 Å². The number of nitrogens with zero attached hydrogens (tertiary/aromatic N) is 1. The van der Waals surface area contributed by atoms with Gasteiger partial charge in [-0.25, -0.2) is 0 Å². The van der Waals surface area contributed by atoms with Gasteiger partial charge in [-0.1, -0.05) is 18.9 Å². The predicted octanol–water partition coefficient (Wildman–Crippen LogP) is 2.97. The predicted molar refractivity (Wildman–Crippen MR) is 85.8 cm³/mol. The summed E-state index contributed by atoms with van der Waals surface area (Å²) in [6, 6.07) is 4.14. The van der Waals surface area contributed by atoms with Crippen LogP contribution in [-0.2, 0) is 19.7 Å². The van der Waals surface area contributed by atoms with Crippen LogP contribution in [-0.4, -0.2) is 37.0 Å².